The molecule has 19 heavy (non-hydrogen) atoms. The number of halogens is 2. The Kier molecular flexibility index (Phi) is 3.36. The minimum atomic E-state index is -0.384. The van der Waals surface area contributed by atoms with Crippen LogP contribution in [0.3, 0.4) is 0 Å². The van der Waals surface area contributed by atoms with Crippen LogP contribution in [0.15, 0.2) is 22.7 Å². The van der Waals surface area contributed by atoms with Crippen molar-refractivity contribution in [1.82, 2.24) is 4.98 Å². The molecule has 0 bridgehead atoms. The number of anilines is 1. The van der Waals surface area contributed by atoms with Crippen molar-refractivity contribution in [2.24, 2.45) is 0 Å². The van der Waals surface area contributed by atoms with Crippen LogP contribution in [-0.4, -0.2) is 10.9 Å². The summed E-state index contributed by atoms with van der Waals surface area (Å²) in [6.45, 7) is 0. The second kappa shape index (κ2) is 5.02. The first kappa shape index (κ1) is 12.7. The van der Waals surface area contributed by atoms with Gasteiger partial charge in [0.1, 0.15) is 5.82 Å². The molecule has 1 aromatic heterocycles. The number of hydrogen-bond donors (Lipinski definition) is 1. The molecule has 2 aromatic rings. The van der Waals surface area contributed by atoms with Crippen LogP contribution >= 0.6 is 27.3 Å². The smallest absolute Gasteiger partial charge is 0.257 e. The third-order valence-electron chi connectivity index (χ3n) is 3.00. The highest BCUT2D eigenvalue weighted by molar-refractivity contribution is 9.10. The summed E-state index contributed by atoms with van der Waals surface area (Å²) in [7, 11) is 0. The van der Waals surface area contributed by atoms with Gasteiger partial charge in [0.05, 0.1) is 10.2 Å². The van der Waals surface area contributed by atoms with E-state index in [4.69, 9.17) is 0 Å². The highest BCUT2D eigenvalue weighted by Gasteiger charge is 2.18. The second-order valence-electron chi connectivity index (χ2n) is 4.33. The van der Waals surface area contributed by atoms with Gasteiger partial charge in [0, 0.05) is 10.4 Å². The number of aryl methyl sites for hydroxylation is 2. The van der Waals surface area contributed by atoms with Crippen molar-refractivity contribution >= 4 is 38.3 Å². The van der Waals surface area contributed by atoms with Crippen LogP contribution in [0.25, 0.3) is 0 Å². The third kappa shape index (κ3) is 2.55. The lowest BCUT2D eigenvalue weighted by Gasteiger charge is -2.03. The van der Waals surface area contributed by atoms with Gasteiger partial charge < -0.3 is 0 Å². The Bertz CT molecular complexity index is 635. The number of aromatic nitrogens is 1. The fourth-order valence-corrected chi connectivity index (χ4v) is 3.47. The number of hydrogen-bond acceptors (Lipinski definition) is 3. The summed E-state index contributed by atoms with van der Waals surface area (Å²) in [5.41, 5.74) is 1.50. The van der Waals surface area contributed by atoms with Crippen molar-refractivity contribution in [2.75, 3.05) is 5.32 Å². The Balaban J connectivity index is 1.78. The quantitative estimate of drug-likeness (QED) is 0.903. The van der Waals surface area contributed by atoms with Crippen molar-refractivity contribution in [3.8, 4) is 0 Å². The zero-order valence-corrected chi connectivity index (χ0v) is 12.3. The maximum Gasteiger partial charge on any atom is 0.257 e. The van der Waals surface area contributed by atoms with Crippen LogP contribution in [0.1, 0.15) is 27.3 Å². The van der Waals surface area contributed by atoms with E-state index in [-0.39, 0.29) is 16.2 Å². The maximum absolute atomic E-state index is 13.1. The Morgan fingerprint density at radius 3 is 3.00 bits per heavy atom. The van der Waals surface area contributed by atoms with Crippen molar-refractivity contribution in [3.05, 3.63) is 44.6 Å². The van der Waals surface area contributed by atoms with Crippen LogP contribution in [0.4, 0.5) is 9.52 Å². The van der Waals surface area contributed by atoms with Gasteiger partial charge in [0.15, 0.2) is 5.13 Å². The lowest BCUT2D eigenvalue weighted by molar-refractivity contribution is 0.102. The summed E-state index contributed by atoms with van der Waals surface area (Å²) in [5, 5.41) is 3.38. The molecule has 1 heterocycles. The van der Waals surface area contributed by atoms with Crippen molar-refractivity contribution in [1.29, 1.82) is 0 Å². The zero-order valence-electron chi connectivity index (χ0n) is 9.87. The molecule has 0 unspecified atom stereocenters. The molecular weight excluding hydrogens is 331 g/mol. The molecule has 0 atom stereocenters. The average Bonchev–Trinajstić information content (AvgIpc) is 2.93. The van der Waals surface area contributed by atoms with Gasteiger partial charge in [0.25, 0.3) is 5.91 Å². The fraction of sp³-hybridized carbons (Fsp3) is 0.231. The molecule has 0 fully saturated rings. The molecule has 3 rings (SSSR count). The standard InChI is InChI=1S/C13H10BrFN2OS/c14-8-6-7(4-5-9(8)15)12(18)17-13-16-10-2-1-3-11(10)19-13/h4-6H,1-3H2,(H,16,17,18). The molecule has 0 saturated heterocycles. The molecule has 1 aromatic carbocycles. The number of nitrogens with zero attached hydrogens (tertiary/aromatic N) is 1. The van der Waals surface area contributed by atoms with Crippen LogP contribution in [-0.2, 0) is 12.8 Å². The molecule has 1 aliphatic rings. The van der Waals surface area contributed by atoms with E-state index in [9.17, 15) is 9.18 Å². The van der Waals surface area contributed by atoms with E-state index in [1.165, 1.54) is 34.4 Å². The average molecular weight is 341 g/mol. The lowest BCUT2D eigenvalue weighted by Crippen LogP contribution is -2.11. The largest absolute Gasteiger partial charge is 0.298 e. The summed E-state index contributed by atoms with van der Waals surface area (Å²) in [6, 6.07) is 4.18. The normalized spacial score (nSPS) is 13.4. The van der Waals surface area contributed by atoms with Crippen LogP contribution in [0.2, 0.25) is 0 Å². The summed E-state index contributed by atoms with van der Waals surface area (Å²) in [5.74, 6) is -0.655. The van der Waals surface area contributed by atoms with Gasteiger partial charge in [-0.15, -0.1) is 11.3 Å². The minimum absolute atomic E-state index is 0.270. The van der Waals surface area contributed by atoms with Gasteiger partial charge in [-0.2, -0.15) is 0 Å². The SMILES string of the molecule is O=C(Nc1nc2c(s1)CCC2)c1ccc(F)c(Br)c1. The summed E-state index contributed by atoms with van der Waals surface area (Å²) in [4.78, 5) is 17.7. The topological polar surface area (TPSA) is 42.0 Å². The number of carbonyl (C=O) groups is 1. The lowest BCUT2D eigenvalue weighted by atomic mass is 10.2. The fourth-order valence-electron chi connectivity index (χ4n) is 2.05. The number of rotatable bonds is 2. The van der Waals surface area contributed by atoms with E-state index in [1.807, 2.05) is 0 Å². The number of nitrogens with one attached hydrogen (secondary N) is 1. The van der Waals surface area contributed by atoms with Crippen LogP contribution in [0.5, 0.6) is 0 Å². The van der Waals surface area contributed by atoms with E-state index < -0.39 is 0 Å². The summed E-state index contributed by atoms with van der Waals surface area (Å²) >= 11 is 4.59. The monoisotopic (exact) mass is 340 g/mol. The number of thiazole rings is 1. The molecule has 1 N–H and O–H groups in total. The van der Waals surface area contributed by atoms with Gasteiger partial charge in [-0.05, 0) is 53.4 Å². The zero-order chi connectivity index (χ0) is 13.4. The number of fused-ring (bicyclic) bond motifs is 1. The Labute approximate surface area is 122 Å². The second-order valence-corrected chi connectivity index (χ2v) is 6.26. The van der Waals surface area contributed by atoms with E-state index in [0.29, 0.717) is 10.7 Å². The van der Waals surface area contributed by atoms with Gasteiger partial charge in [-0.25, -0.2) is 9.37 Å². The van der Waals surface area contributed by atoms with E-state index in [2.05, 4.69) is 26.2 Å². The van der Waals surface area contributed by atoms with Gasteiger partial charge in [-0.1, -0.05) is 0 Å². The molecule has 3 nitrogen and oxygen atoms in total. The molecule has 0 radical (unpaired) electrons. The number of carbonyl (C=O) groups excluding carboxylic acids is 1. The molecule has 6 heteroatoms. The van der Waals surface area contributed by atoms with Crippen molar-refractivity contribution < 1.29 is 9.18 Å². The minimum Gasteiger partial charge on any atom is -0.298 e. The number of benzene rings is 1. The van der Waals surface area contributed by atoms with Crippen molar-refractivity contribution in [3.63, 3.8) is 0 Å². The molecule has 0 saturated carbocycles. The Hall–Kier alpha value is -1.27. The van der Waals surface area contributed by atoms with E-state index in [1.54, 1.807) is 0 Å². The van der Waals surface area contributed by atoms with Crippen molar-refractivity contribution in [2.45, 2.75) is 19.3 Å². The molecule has 1 aliphatic carbocycles. The first-order chi connectivity index (χ1) is 9.13. The molecule has 0 aliphatic heterocycles. The maximum atomic E-state index is 13.1. The van der Waals surface area contributed by atoms with Gasteiger partial charge >= 0.3 is 0 Å². The molecule has 1 amide bonds. The van der Waals surface area contributed by atoms with Gasteiger partial charge in [-0.3, -0.25) is 10.1 Å². The molecule has 0 spiro atoms. The highest BCUT2D eigenvalue weighted by atomic mass is 79.9. The first-order valence-corrected chi connectivity index (χ1v) is 7.49. The predicted octanol–water partition coefficient (Wildman–Crippen LogP) is 3.79. The predicted molar refractivity (Wildman–Crippen MR) is 76.2 cm³/mol. The Morgan fingerprint density at radius 1 is 1.42 bits per heavy atom. The van der Waals surface area contributed by atoms with Crippen LogP contribution in [0, 0.1) is 5.82 Å². The van der Waals surface area contributed by atoms with Crippen LogP contribution < -0.4 is 5.32 Å². The number of amides is 1. The molecule has 98 valence electrons. The third-order valence-corrected chi connectivity index (χ3v) is 4.68. The highest BCUT2D eigenvalue weighted by Crippen LogP contribution is 2.30. The van der Waals surface area contributed by atoms with E-state index in [0.717, 1.165) is 25.0 Å². The molecular formula is C13H10BrFN2OS. The summed E-state index contributed by atoms with van der Waals surface area (Å²) < 4.78 is 13.4. The van der Waals surface area contributed by atoms with E-state index >= 15 is 0 Å². The first-order valence-electron chi connectivity index (χ1n) is 5.88. The summed E-state index contributed by atoms with van der Waals surface area (Å²) in [6.07, 6.45) is 3.18. The van der Waals surface area contributed by atoms with Gasteiger partial charge in [0.2, 0.25) is 0 Å². The Morgan fingerprint density at radius 2 is 2.26 bits per heavy atom.